The van der Waals surface area contributed by atoms with Gasteiger partial charge in [0.2, 0.25) is 0 Å². The van der Waals surface area contributed by atoms with Gasteiger partial charge in [-0.3, -0.25) is 9.59 Å². The average molecular weight is 563 g/mol. The van der Waals surface area contributed by atoms with Gasteiger partial charge in [-0.1, -0.05) is 56.3 Å². The van der Waals surface area contributed by atoms with Gasteiger partial charge in [0.15, 0.2) is 0 Å². The molecule has 5 heteroatoms. The number of hydrogen-bond acceptors (Lipinski definition) is 5. The van der Waals surface area contributed by atoms with Crippen LogP contribution in [0, 0.1) is 0 Å². The van der Waals surface area contributed by atoms with Gasteiger partial charge in [0.25, 0.3) is 0 Å². The molecule has 4 aromatic carbocycles. The summed E-state index contributed by atoms with van der Waals surface area (Å²) in [4.78, 5) is 24.1. The summed E-state index contributed by atoms with van der Waals surface area (Å²) < 4.78 is 18.8. The van der Waals surface area contributed by atoms with Crippen molar-refractivity contribution < 1.29 is 23.8 Å². The van der Waals surface area contributed by atoms with Crippen LogP contribution in [0.3, 0.4) is 0 Å². The Morgan fingerprint density at radius 2 is 1.00 bits per heavy atom. The van der Waals surface area contributed by atoms with Crippen LogP contribution < -0.4 is 14.2 Å². The van der Waals surface area contributed by atoms with Gasteiger partial charge in [0.05, 0.1) is 20.3 Å². The average Bonchev–Trinajstić information content (AvgIpc) is 3.00. The third-order valence-corrected chi connectivity index (χ3v) is 7.63. The van der Waals surface area contributed by atoms with Crippen molar-refractivity contribution in [2.45, 2.75) is 52.4 Å². The van der Waals surface area contributed by atoms with Crippen LogP contribution in [-0.2, 0) is 25.7 Å². The molecule has 0 atom stereocenters. The minimum absolute atomic E-state index is 0.545. The summed E-state index contributed by atoms with van der Waals surface area (Å²) in [5.74, 6) is 2.46. The highest BCUT2D eigenvalue weighted by Gasteiger charge is 2.20. The second kappa shape index (κ2) is 13.5. The van der Waals surface area contributed by atoms with E-state index >= 15 is 0 Å². The smallest absolute Gasteiger partial charge is 0.150 e. The summed E-state index contributed by atoms with van der Waals surface area (Å²) in [6, 6.07) is 22.4. The maximum Gasteiger partial charge on any atom is 0.150 e. The Morgan fingerprint density at radius 1 is 0.571 bits per heavy atom. The summed E-state index contributed by atoms with van der Waals surface area (Å²) in [7, 11) is 1.69. The molecule has 8 bridgehead atoms. The van der Waals surface area contributed by atoms with Crippen molar-refractivity contribution in [1.29, 1.82) is 0 Å². The van der Waals surface area contributed by atoms with Crippen molar-refractivity contribution in [2.75, 3.05) is 20.3 Å². The molecule has 0 unspecified atom stereocenters. The van der Waals surface area contributed by atoms with Gasteiger partial charge in [-0.25, -0.2) is 0 Å². The highest BCUT2D eigenvalue weighted by Crippen LogP contribution is 2.37. The summed E-state index contributed by atoms with van der Waals surface area (Å²) >= 11 is 0. The molecule has 1 aliphatic rings. The van der Waals surface area contributed by atoms with E-state index in [1.54, 1.807) is 7.11 Å². The fourth-order valence-electron chi connectivity index (χ4n) is 5.88. The lowest BCUT2D eigenvalue weighted by Gasteiger charge is -2.21. The second-order valence-corrected chi connectivity index (χ2v) is 10.9. The van der Waals surface area contributed by atoms with Gasteiger partial charge in [-0.2, -0.15) is 0 Å². The van der Waals surface area contributed by atoms with Gasteiger partial charge < -0.3 is 14.2 Å². The van der Waals surface area contributed by atoms with Crippen molar-refractivity contribution in [1.82, 2.24) is 0 Å². The maximum atomic E-state index is 12.1. The number of para-hydroxylation sites is 1. The number of fused-ring (bicyclic) bond motifs is 8. The van der Waals surface area contributed by atoms with E-state index in [-0.39, 0.29) is 0 Å². The lowest BCUT2D eigenvalue weighted by Crippen LogP contribution is -2.08. The third-order valence-electron chi connectivity index (χ3n) is 7.63. The number of rotatable bonds is 9. The van der Waals surface area contributed by atoms with Crippen LogP contribution in [0.4, 0.5) is 0 Å². The molecular weight excluding hydrogens is 524 g/mol. The van der Waals surface area contributed by atoms with E-state index in [1.807, 2.05) is 30.3 Å². The molecule has 0 saturated carbocycles. The van der Waals surface area contributed by atoms with Crippen molar-refractivity contribution in [3.05, 3.63) is 122 Å². The van der Waals surface area contributed by atoms with Gasteiger partial charge in [0.1, 0.15) is 29.8 Å². The molecule has 5 rings (SSSR count). The number of methoxy groups -OCH3 is 1. The SMILES string of the molecule is CCCOc1c2cc(C=O)cc1Cc1cccc(c1OC)Cc1cc(C=O)cc(c1OCCC)Cc1cccc(c1)C2. The Labute approximate surface area is 248 Å². The number of carbonyl (C=O) groups is 2. The standard InChI is InChI=1S/C37H38O5/c1-4-12-41-36-31-15-25-8-6-9-26(14-25)16-32-18-28(24-39)20-34(37(32)42-13-5-2)22-30-11-7-10-29(35(30)40-3)21-33(36)19-27(17-31)23-38/h6-11,14,17-20,23-24H,4-5,12-13,15-16,21-22H2,1-3H3. The van der Waals surface area contributed by atoms with E-state index in [0.717, 1.165) is 87.2 Å². The lowest BCUT2D eigenvalue weighted by molar-refractivity contribution is 0.111. The Morgan fingerprint density at radius 3 is 1.40 bits per heavy atom. The summed E-state index contributed by atoms with van der Waals surface area (Å²) in [6.07, 6.45) is 5.92. The molecule has 42 heavy (non-hydrogen) atoms. The van der Waals surface area contributed by atoms with E-state index in [4.69, 9.17) is 14.2 Å². The molecule has 0 heterocycles. The van der Waals surface area contributed by atoms with E-state index in [2.05, 4.69) is 50.2 Å². The molecule has 0 radical (unpaired) electrons. The first-order valence-electron chi connectivity index (χ1n) is 14.8. The lowest BCUT2D eigenvalue weighted by atomic mass is 9.90. The van der Waals surface area contributed by atoms with Crippen LogP contribution in [0.1, 0.15) is 91.9 Å². The Bertz CT molecular complexity index is 1480. The highest BCUT2D eigenvalue weighted by atomic mass is 16.5. The predicted molar refractivity (Wildman–Crippen MR) is 166 cm³/mol. The van der Waals surface area contributed by atoms with Crippen molar-refractivity contribution in [3.8, 4) is 17.2 Å². The monoisotopic (exact) mass is 562 g/mol. The molecule has 4 aromatic rings. The molecule has 0 aliphatic heterocycles. The first-order chi connectivity index (χ1) is 20.6. The third kappa shape index (κ3) is 6.41. The molecule has 0 aromatic heterocycles. The summed E-state index contributed by atoms with van der Waals surface area (Å²) in [6.45, 7) is 5.37. The summed E-state index contributed by atoms with van der Waals surface area (Å²) in [5, 5.41) is 0. The largest absolute Gasteiger partial charge is 0.496 e. The van der Waals surface area contributed by atoms with Crippen molar-refractivity contribution in [3.63, 3.8) is 0 Å². The molecule has 0 fully saturated rings. The van der Waals surface area contributed by atoms with Gasteiger partial charge in [-0.15, -0.1) is 0 Å². The first-order valence-corrected chi connectivity index (χ1v) is 14.8. The predicted octanol–water partition coefficient (Wildman–Crippen LogP) is 7.57. The molecule has 0 saturated heterocycles. The zero-order valence-corrected chi connectivity index (χ0v) is 24.7. The maximum absolute atomic E-state index is 12.1. The first kappa shape index (κ1) is 29.1. The van der Waals surface area contributed by atoms with E-state index in [1.165, 1.54) is 0 Å². The van der Waals surface area contributed by atoms with Crippen LogP contribution in [0.25, 0.3) is 0 Å². The quantitative estimate of drug-likeness (QED) is 0.173. The fraction of sp³-hybridized carbons (Fsp3) is 0.297. The molecule has 216 valence electrons. The molecule has 1 aliphatic carbocycles. The zero-order valence-electron chi connectivity index (χ0n) is 24.7. The van der Waals surface area contributed by atoms with Gasteiger partial charge in [-0.05, 0) is 81.6 Å². The van der Waals surface area contributed by atoms with Crippen molar-refractivity contribution in [2.24, 2.45) is 0 Å². The number of ether oxygens (including phenoxy) is 3. The zero-order chi connectivity index (χ0) is 29.5. The number of carbonyl (C=O) groups excluding carboxylic acids is 2. The molecule has 5 nitrogen and oxygen atoms in total. The normalized spacial score (nSPS) is 12.4. The van der Waals surface area contributed by atoms with Crippen LogP contribution in [-0.4, -0.2) is 32.9 Å². The van der Waals surface area contributed by atoms with Crippen molar-refractivity contribution >= 4 is 12.6 Å². The molecular formula is C37H38O5. The van der Waals surface area contributed by atoms with Crippen LogP contribution in [0.5, 0.6) is 17.2 Å². The minimum Gasteiger partial charge on any atom is -0.496 e. The minimum atomic E-state index is 0.545. The number of aldehydes is 2. The van der Waals surface area contributed by atoms with Gasteiger partial charge >= 0.3 is 0 Å². The topological polar surface area (TPSA) is 61.8 Å². The molecule has 0 spiro atoms. The second-order valence-electron chi connectivity index (χ2n) is 10.9. The van der Waals surface area contributed by atoms with E-state index in [9.17, 15) is 9.59 Å². The van der Waals surface area contributed by atoms with E-state index in [0.29, 0.717) is 50.0 Å². The highest BCUT2D eigenvalue weighted by molar-refractivity contribution is 5.78. The Kier molecular flexibility index (Phi) is 9.38. The molecule has 0 N–H and O–H groups in total. The Hall–Kier alpha value is -4.38. The fourth-order valence-corrected chi connectivity index (χ4v) is 5.88. The van der Waals surface area contributed by atoms with Crippen LogP contribution in [0.2, 0.25) is 0 Å². The number of benzene rings is 4. The van der Waals surface area contributed by atoms with Crippen LogP contribution >= 0.6 is 0 Å². The number of hydrogen-bond donors (Lipinski definition) is 0. The van der Waals surface area contributed by atoms with E-state index < -0.39 is 0 Å². The Balaban J connectivity index is 1.76. The summed E-state index contributed by atoms with van der Waals surface area (Å²) in [5.41, 5.74) is 9.40. The molecule has 0 amide bonds. The van der Waals surface area contributed by atoms with Gasteiger partial charge in [0, 0.05) is 36.8 Å². The van der Waals surface area contributed by atoms with Crippen LogP contribution in [0.15, 0.2) is 66.7 Å².